The Morgan fingerprint density at radius 1 is 1.11 bits per heavy atom. The Kier molecular flexibility index (Phi) is 3.66. The second-order valence-electron chi connectivity index (χ2n) is 4.53. The maximum Gasteiger partial charge on any atom is 0.237 e. The molecule has 2 aromatic rings. The van der Waals surface area contributed by atoms with Gasteiger partial charge in [0.15, 0.2) is 0 Å². The van der Waals surface area contributed by atoms with Crippen LogP contribution in [0.15, 0.2) is 18.2 Å². The van der Waals surface area contributed by atoms with E-state index in [9.17, 15) is 0 Å². The van der Waals surface area contributed by atoms with Crippen molar-refractivity contribution in [1.29, 1.82) is 0 Å². The summed E-state index contributed by atoms with van der Waals surface area (Å²) in [6.45, 7) is 5.97. The zero-order chi connectivity index (χ0) is 14.0. The number of nitrogens with two attached hydrogens (primary N) is 1. The van der Waals surface area contributed by atoms with Gasteiger partial charge in [0.05, 0.1) is 12.8 Å². The number of nitrogens with zero attached hydrogens (tertiary/aromatic N) is 2. The van der Waals surface area contributed by atoms with Gasteiger partial charge in [0.25, 0.3) is 0 Å². The van der Waals surface area contributed by atoms with Crippen LogP contribution < -0.4 is 16.0 Å². The summed E-state index contributed by atoms with van der Waals surface area (Å²) in [6, 6.07) is 6.05. The van der Waals surface area contributed by atoms with Gasteiger partial charge in [-0.25, -0.2) is 15.8 Å². The minimum Gasteiger partial charge on any atom is -0.496 e. The summed E-state index contributed by atoms with van der Waals surface area (Å²) in [6.07, 6.45) is 0. The zero-order valence-electron chi connectivity index (χ0n) is 11.6. The summed E-state index contributed by atoms with van der Waals surface area (Å²) in [5.41, 5.74) is 7.31. The van der Waals surface area contributed by atoms with Crippen LogP contribution in [0.1, 0.15) is 16.8 Å². The van der Waals surface area contributed by atoms with Gasteiger partial charge in [0.1, 0.15) is 5.75 Å². The fourth-order valence-electron chi connectivity index (χ4n) is 2.19. The molecule has 2 rings (SSSR count). The third-order valence-corrected chi connectivity index (χ3v) is 2.88. The first-order chi connectivity index (χ1) is 9.05. The number of anilines is 1. The molecule has 0 radical (unpaired) electrons. The van der Waals surface area contributed by atoms with Crippen molar-refractivity contribution in [2.45, 2.75) is 20.8 Å². The Bertz CT molecular complexity index is 611. The van der Waals surface area contributed by atoms with E-state index in [1.807, 2.05) is 32.9 Å². The number of hydrazine groups is 1. The van der Waals surface area contributed by atoms with E-state index in [1.165, 1.54) is 0 Å². The molecule has 0 aliphatic heterocycles. The van der Waals surface area contributed by atoms with Gasteiger partial charge in [-0.1, -0.05) is 6.07 Å². The fraction of sp³-hybridized carbons (Fsp3) is 0.286. The number of benzene rings is 1. The lowest BCUT2D eigenvalue weighted by atomic mass is 10.0. The van der Waals surface area contributed by atoms with Crippen LogP contribution in [0.5, 0.6) is 5.75 Å². The van der Waals surface area contributed by atoms with Crippen LogP contribution in [0.4, 0.5) is 5.95 Å². The van der Waals surface area contributed by atoms with Gasteiger partial charge in [-0.2, -0.15) is 0 Å². The molecule has 1 aromatic carbocycles. The number of aryl methyl sites for hydroxylation is 3. The normalized spacial score (nSPS) is 10.4. The van der Waals surface area contributed by atoms with Crippen molar-refractivity contribution >= 4 is 5.95 Å². The second kappa shape index (κ2) is 5.24. The van der Waals surface area contributed by atoms with E-state index >= 15 is 0 Å². The van der Waals surface area contributed by atoms with Crippen molar-refractivity contribution in [2.75, 3.05) is 12.5 Å². The van der Waals surface area contributed by atoms with Crippen LogP contribution in [-0.4, -0.2) is 17.1 Å². The minimum atomic E-state index is 0.399. The minimum absolute atomic E-state index is 0.399. The van der Waals surface area contributed by atoms with Crippen molar-refractivity contribution in [1.82, 2.24) is 9.97 Å². The molecule has 0 saturated carbocycles. The lowest BCUT2D eigenvalue weighted by Crippen LogP contribution is -2.11. The van der Waals surface area contributed by atoms with Gasteiger partial charge >= 0.3 is 0 Å². The van der Waals surface area contributed by atoms with Gasteiger partial charge in [-0.15, -0.1) is 0 Å². The predicted molar refractivity (Wildman–Crippen MR) is 76.0 cm³/mol. The van der Waals surface area contributed by atoms with Gasteiger partial charge in [0.2, 0.25) is 5.95 Å². The summed E-state index contributed by atoms with van der Waals surface area (Å²) < 4.78 is 5.49. The molecule has 0 fully saturated rings. The number of ether oxygens (including phenoxy) is 1. The van der Waals surface area contributed by atoms with E-state index in [-0.39, 0.29) is 0 Å². The number of hydrogen-bond acceptors (Lipinski definition) is 5. The van der Waals surface area contributed by atoms with Crippen molar-refractivity contribution in [3.05, 3.63) is 35.0 Å². The largest absolute Gasteiger partial charge is 0.496 e. The number of methoxy groups -OCH3 is 1. The predicted octanol–water partition coefficient (Wildman–Crippen LogP) is 2.36. The molecule has 0 atom stereocenters. The molecule has 100 valence electrons. The van der Waals surface area contributed by atoms with E-state index in [0.29, 0.717) is 5.95 Å². The van der Waals surface area contributed by atoms with Gasteiger partial charge in [0, 0.05) is 11.3 Å². The molecule has 0 aliphatic rings. The Morgan fingerprint density at radius 3 is 2.47 bits per heavy atom. The first-order valence-corrected chi connectivity index (χ1v) is 6.03. The summed E-state index contributed by atoms with van der Waals surface area (Å²) in [4.78, 5) is 8.58. The van der Waals surface area contributed by atoms with Crippen molar-refractivity contribution < 1.29 is 4.74 Å². The number of rotatable bonds is 3. The van der Waals surface area contributed by atoms with Crippen molar-refractivity contribution in [2.24, 2.45) is 5.84 Å². The number of aromatic nitrogens is 2. The lowest BCUT2D eigenvalue weighted by molar-refractivity contribution is 0.413. The van der Waals surface area contributed by atoms with Crippen molar-refractivity contribution in [3.63, 3.8) is 0 Å². The van der Waals surface area contributed by atoms with Gasteiger partial charge in [-0.05, 0) is 44.0 Å². The van der Waals surface area contributed by atoms with E-state index in [2.05, 4.69) is 21.5 Å². The van der Waals surface area contributed by atoms with Gasteiger partial charge in [-0.3, -0.25) is 5.43 Å². The Labute approximate surface area is 112 Å². The van der Waals surface area contributed by atoms with Gasteiger partial charge < -0.3 is 4.74 Å². The molecule has 5 heteroatoms. The van der Waals surface area contributed by atoms with E-state index in [4.69, 9.17) is 10.6 Å². The summed E-state index contributed by atoms with van der Waals surface area (Å²) in [5.74, 6) is 6.61. The van der Waals surface area contributed by atoms with Crippen LogP contribution >= 0.6 is 0 Å². The Morgan fingerprint density at radius 2 is 1.84 bits per heavy atom. The second-order valence-corrected chi connectivity index (χ2v) is 4.53. The standard InChI is InChI=1S/C14H18N4O/c1-8-5-9(2)13(19-4)11(6-8)12-7-10(3)16-14(17-12)18-15/h5-7H,15H2,1-4H3,(H,16,17,18). The molecule has 0 amide bonds. The SMILES string of the molecule is COc1c(C)cc(C)cc1-c1cc(C)nc(NN)n1. The highest BCUT2D eigenvalue weighted by Gasteiger charge is 2.12. The number of nitrogen functional groups attached to an aromatic ring is 1. The highest BCUT2D eigenvalue weighted by atomic mass is 16.5. The highest BCUT2D eigenvalue weighted by molar-refractivity contribution is 5.71. The Hall–Kier alpha value is -2.14. The number of hydrogen-bond donors (Lipinski definition) is 2. The average molecular weight is 258 g/mol. The number of nitrogens with one attached hydrogen (secondary N) is 1. The quantitative estimate of drug-likeness (QED) is 0.653. The smallest absolute Gasteiger partial charge is 0.237 e. The third kappa shape index (κ3) is 2.66. The molecule has 0 spiro atoms. The molecule has 19 heavy (non-hydrogen) atoms. The van der Waals surface area contributed by atoms with Crippen molar-refractivity contribution in [3.8, 4) is 17.0 Å². The summed E-state index contributed by atoms with van der Waals surface area (Å²) in [5, 5.41) is 0. The molecular weight excluding hydrogens is 240 g/mol. The van der Waals surface area contributed by atoms with Crippen LogP contribution in [0.25, 0.3) is 11.3 Å². The zero-order valence-corrected chi connectivity index (χ0v) is 11.6. The molecule has 5 nitrogen and oxygen atoms in total. The molecule has 0 aliphatic carbocycles. The highest BCUT2D eigenvalue weighted by Crippen LogP contribution is 2.33. The summed E-state index contributed by atoms with van der Waals surface area (Å²) >= 11 is 0. The molecular formula is C14H18N4O. The lowest BCUT2D eigenvalue weighted by Gasteiger charge is -2.13. The fourth-order valence-corrected chi connectivity index (χ4v) is 2.19. The average Bonchev–Trinajstić information content (AvgIpc) is 2.37. The molecule has 1 aromatic heterocycles. The molecule has 0 bridgehead atoms. The molecule has 3 N–H and O–H groups in total. The topological polar surface area (TPSA) is 73.1 Å². The first kappa shape index (κ1) is 13.3. The van der Waals surface area contributed by atoms with Crippen LogP contribution in [-0.2, 0) is 0 Å². The first-order valence-electron chi connectivity index (χ1n) is 6.03. The molecule has 0 unspecified atom stereocenters. The van der Waals surface area contributed by atoms with E-state index in [0.717, 1.165) is 33.8 Å². The molecule has 1 heterocycles. The maximum atomic E-state index is 5.49. The monoisotopic (exact) mass is 258 g/mol. The molecule has 0 saturated heterocycles. The van der Waals surface area contributed by atoms with E-state index < -0.39 is 0 Å². The Balaban J connectivity index is 2.67. The summed E-state index contributed by atoms with van der Waals surface area (Å²) in [7, 11) is 1.66. The maximum absolute atomic E-state index is 5.49. The van der Waals surface area contributed by atoms with Crippen LogP contribution in [0.2, 0.25) is 0 Å². The van der Waals surface area contributed by atoms with Crippen LogP contribution in [0.3, 0.4) is 0 Å². The third-order valence-electron chi connectivity index (χ3n) is 2.88. The van der Waals surface area contributed by atoms with E-state index in [1.54, 1.807) is 7.11 Å². The van der Waals surface area contributed by atoms with Crippen LogP contribution in [0, 0.1) is 20.8 Å².